The predicted octanol–water partition coefficient (Wildman–Crippen LogP) is 3.21. The van der Waals surface area contributed by atoms with Gasteiger partial charge in [-0.1, -0.05) is 12.1 Å². The molecule has 3 rings (SSSR count). The molecule has 0 atom stereocenters. The topological polar surface area (TPSA) is 133 Å². The highest BCUT2D eigenvalue weighted by molar-refractivity contribution is 5.99. The first-order chi connectivity index (χ1) is 13.5. The van der Waals surface area contributed by atoms with Crippen LogP contribution in [0.1, 0.15) is 16.1 Å². The van der Waals surface area contributed by atoms with Gasteiger partial charge in [0.15, 0.2) is 0 Å². The van der Waals surface area contributed by atoms with E-state index >= 15 is 0 Å². The zero-order chi connectivity index (χ0) is 20.1. The molecule has 142 valence electrons. The molecule has 0 aliphatic rings. The van der Waals surface area contributed by atoms with Crippen LogP contribution in [0, 0.1) is 10.1 Å². The number of carbonyl (C=O) groups excluding carboxylic acids is 1. The third-order valence-electron chi connectivity index (χ3n) is 3.85. The smallest absolute Gasteiger partial charge is 0.273 e. The maximum Gasteiger partial charge on any atom is 0.273 e. The van der Waals surface area contributed by atoms with Crippen molar-refractivity contribution in [3.63, 3.8) is 0 Å². The van der Waals surface area contributed by atoms with Crippen molar-refractivity contribution in [1.29, 1.82) is 0 Å². The lowest BCUT2D eigenvalue weighted by Crippen LogP contribution is -2.18. The number of rotatable bonds is 6. The Hall–Kier alpha value is -4.14. The van der Waals surface area contributed by atoms with E-state index in [2.05, 4.69) is 10.5 Å². The summed E-state index contributed by atoms with van der Waals surface area (Å²) in [6.45, 7) is 0. The summed E-state index contributed by atoms with van der Waals surface area (Å²) in [5.41, 5.74) is 9.09. The number of nitrogens with zero attached hydrogens (tertiary/aromatic N) is 2. The maximum atomic E-state index is 12.1. The number of nitrogens with one attached hydrogen (secondary N) is 1. The minimum atomic E-state index is -0.501. The van der Waals surface area contributed by atoms with Gasteiger partial charge in [0.2, 0.25) is 0 Å². The van der Waals surface area contributed by atoms with Gasteiger partial charge in [0.25, 0.3) is 11.6 Å². The third-order valence-corrected chi connectivity index (χ3v) is 3.85. The van der Waals surface area contributed by atoms with Crippen LogP contribution in [-0.2, 0) is 0 Å². The van der Waals surface area contributed by atoms with Crippen molar-refractivity contribution in [3.8, 4) is 17.1 Å². The highest BCUT2D eigenvalue weighted by Gasteiger charge is 2.15. The van der Waals surface area contributed by atoms with Gasteiger partial charge >= 0.3 is 0 Å². The van der Waals surface area contributed by atoms with E-state index in [-0.39, 0.29) is 5.69 Å². The van der Waals surface area contributed by atoms with Gasteiger partial charge in [0.1, 0.15) is 17.3 Å². The van der Waals surface area contributed by atoms with Crippen molar-refractivity contribution < 1.29 is 18.9 Å². The molecular formula is C19H16N4O5. The number of non-ortho nitro benzene ring substituents is 1. The Balaban J connectivity index is 1.77. The first-order valence-corrected chi connectivity index (χ1v) is 8.10. The molecule has 0 spiro atoms. The number of anilines is 1. The average molecular weight is 380 g/mol. The molecule has 0 fully saturated rings. The highest BCUT2D eigenvalue weighted by atomic mass is 16.6. The van der Waals surface area contributed by atoms with Crippen LogP contribution in [0.4, 0.5) is 11.4 Å². The number of para-hydroxylation sites is 1. The van der Waals surface area contributed by atoms with Crippen LogP contribution in [0.25, 0.3) is 11.3 Å². The average Bonchev–Trinajstić information content (AvgIpc) is 3.16. The number of benzene rings is 2. The molecule has 1 amide bonds. The first-order valence-electron chi connectivity index (χ1n) is 8.10. The number of amides is 1. The number of furan rings is 1. The lowest BCUT2D eigenvalue weighted by atomic mass is 10.1. The zero-order valence-electron chi connectivity index (χ0n) is 14.8. The van der Waals surface area contributed by atoms with Gasteiger partial charge in [0.05, 0.1) is 29.4 Å². The summed E-state index contributed by atoms with van der Waals surface area (Å²) in [6, 6.07) is 14.1. The predicted molar refractivity (Wildman–Crippen MR) is 103 cm³/mol. The van der Waals surface area contributed by atoms with E-state index in [1.54, 1.807) is 36.4 Å². The number of hydrogen-bond donors (Lipinski definition) is 2. The number of nitrogen functional groups attached to an aromatic ring is 1. The fraction of sp³-hybridized carbons (Fsp3) is 0.0526. The number of methoxy groups -OCH3 is 1. The second kappa shape index (κ2) is 8.04. The Morgan fingerprint density at radius 2 is 2.04 bits per heavy atom. The van der Waals surface area contributed by atoms with E-state index < -0.39 is 10.8 Å². The lowest BCUT2D eigenvalue weighted by molar-refractivity contribution is -0.384. The van der Waals surface area contributed by atoms with Gasteiger partial charge in [-0.3, -0.25) is 14.9 Å². The van der Waals surface area contributed by atoms with E-state index in [4.69, 9.17) is 14.9 Å². The minimum Gasteiger partial charge on any atom is -0.496 e. The van der Waals surface area contributed by atoms with E-state index in [1.165, 1.54) is 31.5 Å². The minimum absolute atomic E-state index is 0.0878. The fourth-order valence-corrected chi connectivity index (χ4v) is 2.49. The standard InChI is InChI=1S/C19H16N4O5/c1-27-17-8-6-12(23(25)26)10-15(17)18-9-7-13(28-18)11-21-22-19(24)14-4-2-3-5-16(14)20/h2-11H,20H2,1H3,(H,22,24)/b21-11-. The summed E-state index contributed by atoms with van der Waals surface area (Å²) in [5.74, 6) is 0.670. The van der Waals surface area contributed by atoms with Crippen molar-refractivity contribution >= 4 is 23.5 Å². The summed E-state index contributed by atoms with van der Waals surface area (Å²) in [7, 11) is 1.46. The van der Waals surface area contributed by atoms with Crippen molar-refractivity contribution in [3.05, 3.63) is 76.0 Å². The molecule has 9 nitrogen and oxygen atoms in total. The van der Waals surface area contributed by atoms with Gasteiger partial charge in [0, 0.05) is 17.8 Å². The molecule has 0 radical (unpaired) electrons. The molecule has 1 aromatic heterocycles. The van der Waals surface area contributed by atoms with Crippen molar-refractivity contribution in [1.82, 2.24) is 5.43 Å². The lowest BCUT2D eigenvalue weighted by Gasteiger charge is -2.05. The van der Waals surface area contributed by atoms with E-state index in [0.29, 0.717) is 34.1 Å². The SMILES string of the molecule is COc1ccc([N+](=O)[O-])cc1-c1ccc(/C=N\NC(=O)c2ccccc2N)o1. The largest absolute Gasteiger partial charge is 0.496 e. The molecule has 3 N–H and O–H groups in total. The Morgan fingerprint density at radius 3 is 2.75 bits per heavy atom. The molecule has 0 aliphatic heterocycles. The van der Waals surface area contributed by atoms with Crippen LogP contribution in [-0.4, -0.2) is 24.2 Å². The van der Waals surface area contributed by atoms with Gasteiger partial charge < -0.3 is 14.9 Å². The summed E-state index contributed by atoms with van der Waals surface area (Å²) in [4.78, 5) is 22.5. The van der Waals surface area contributed by atoms with Gasteiger partial charge in [-0.15, -0.1) is 0 Å². The quantitative estimate of drug-likeness (QED) is 0.292. The van der Waals surface area contributed by atoms with E-state index in [0.717, 1.165) is 0 Å². The number of hydrogen-bond acceptors (Lipinski definition) is 7. The monoisotopic (exact) mass is 380 g/mol. The summed E-state index contributed by atoms with van der Waals surface area (Å²) >= 11 is 0. The number of ether oxygens (including phenoxy) is 1. The molecule has 3 aromatic rings. The molecule has 0 unspecified atom stereocenters. The number of nitro groups is 1. The van der Waals surface area contributed by atoms with Crippen LogP contribution >= 0.6 is 0 Å². The summed E-state index contributed by atoms with van der Waals surface area (Å²) < 4.78 is 10.9. The fourth-order valence-electron chi connectivity index (χ4n) is 2.49. The summed E-state index contributed by atoms with van der Waals surface area (Å²) in [5, 5.41) is 14.8. The van der Waals surface area contributed by atoms with Crippen LogP contribution in [0.5, 0.6) is 5.75 Å². The Bertz CT molecular complexity index is 1060. The third kappa shape index (κ3) is 3.98. The van der Waals surface area contributed by atoms with Crippen LogP contribution in [0.2, 0.25) is 0 Å². The molecule has 0 saturated heterocycles. The molecule has 1 heterocycles. The van der Waals surface area contributed by atoms with Crippen LogP contribution in [0.3, 0.4) is 0 Å². The second-order valence-electron chi connectivity index (χ2n) is 5.63. The van der Waals surface area contributed by atoms with Crippen molar-refractivity contribution in [2.75, 3.05) is 12.8 Å². The molecule has 0 aliphatic carbocycles. The first kappa shape index (κ1) is 18.6. The van der Waals surface area contributed by atoms with Crippen LogP contribution in [0.15, 0.2) is 64.1 Å². The van der Waals surface area contributed by atoms with Crippen molar-refractivity contribution in [2.45, 2.75) is 0 Å². The molecule has 0 bridgehead atoms. The number of carbonyl (C=O) groups is 1. The molecule has 2 aromatic carbocycles. The Kier molecular flexibility index (Phi) is 5.35. The van der Waals surface area contributed by atoms with Gasteiger partial charge in [-0.05, 0) is 30.3 Å². The van der Waals surface area contributed by atoms with E-state index in [1.807, 2.05) is 0 Å². The highest BCUT2D eigenvalue weighted by Crippen LogP contribution is 2.34. The molecule has 0 saturated carbocycles. The van der Waals surface area contributed by atoms with Crippen LogP contribution < -0.4 is 15.9 Å². The van der Waals surface area contributed by atoms with E-state index in [9.17, 15) is 14.9 Å². The summed E-state index contributed by atoms with van der Waals surface area (Å²) in [6.07, 6.45) is 1.31. The van der Waals surface area contributed by atoms with Gasteiger partial charge in [-0.25, -0.2) is 5.43 Å². The molecule has 28 heavy (non-hydrogen) atoms. The molecular weight excluding hydrogens is 364 g/mol. The zero-order valence-corrected chi connectivity index (χ0v) is 14.8. The number of nitrogens with two attached hydrogens (primary N) is 1. The van der Waals surface area contributed by atoms with Crippen molar-refractivity contribution in [2.24, 2.45) is 5.10 Å². The number of nitro benzene ring substituents is 1. The Labute approximate surface area is 159 Å². The normalized spacial score (nSPS) is 10.8. The second-order valence-corrected chi connectivity index (χ2v) is 5.63. The van der Waals surface area contributed by atoms with Gasteiger partial charge in [-0.2, -0.15) is 5.10 Å². The number of hydrazone groups is 1. The molecule has 9 heteroatoms. The Morgan fingerprint density at radius 1 is 1.25 bits per heavy atom. The maximum absolute atomic E-state index is 12.1.